The van der Waals surface area contributed by atoms with Crippen LogP contribution in [-0.2, 0) is 11.3 Å². The molecule has 27 heavy (non-hydrogen) atoms. The zero-order valence-electron chi connectivity index (χ0n) is 15.6. The summed E-state index contributed by atoms with van der Waals surface area (Å²) in [5.41, 5.74) is 1.01. The molecule has 0 radical (unpaired) electrons. The van der Waals surface area contributed by atoms with Crippen LogP contribution in [0.25, 0.3) is 0 Å². The maximum atomic E-state index is 12.9. The van der Waals surface area contributed by atoms with Gasteiger partial charge in [-0.05, 0) is 11.6 Å². The predicted octanol–water partition coefficient (Wildman–Crippen LogP) is 4.07. The summed E-state index contributed by atoms with van der Waals surface area (Å²) in [6.45, 7) is 7.14. The first-order valence-electron chi connectivity index (χ1n) is 8.83. The van der Waals surface area contributed by atoms with Crippen molar-refractivity contribution >= 4 is 42.3 Å². The number of hydrogen-bond acceptors (Lipinski definition) is 3. The fourth-order valence-corrected chi connectivity index (χ4v) is 3.66. The topological polar surface area (TPSA) is 50.2 Å². The molecule has 5 nitrogen and oxygen atoms in total. The Morgan fingerprint density at radius 2 is 2.07 bits per heavy atom. The third-order valence-electron chi connectivity index (χ3n) is 4.66. The van der Waals surface area contributed by atoms with Crippen molar-refractivity contribution in [2.45, 2.75) is 38.8 Å². The van der Waals surface area contributed by atoms with Crippen LogP contribution in [0.5, 0.6) is 0 Å². The Bertz CT molecular complexity index is 735. The maximum Gasteiger partial charge on any atom is 0.224 e. The number of aryl methyl sites for hydroxylation is 1. The molecule has 1 atom stereocenters. The Morgan fingerprint density at radius 1 is 1.33 bits per heavy atom. The van der Waals surface area contributed by atoms with Crippen molar-refractivity contribution in [1.29, 1.82) is 0 Å². The quantitative estimate of drug-likeness (QED) is 0.773. The van der Waals surface area contributed by atoms with Crippen LogP contribution in [-0.4, -0.2) is 40.0 Å². The highest BCUT2D eigenvalue weighted by atomic mass is 35.5. The van der Waals surface area contributed by atoms with Gasteiger partial charge in [0, 0.05) is 55.9 Å². The molecular weight excluding hydrogens is 407 g/mol. The van der Waals surface area contributed by atoms with Crippen molar-refractivity contribution in [1.82, 2.24) is 19.8 Å². The number of amides is 1. The van der Waals surface area contributed by atoms with Gasteiger partial charge in [0.25, 0.3) is 0 Å². The van der Waals surface area contributed by atoms with E-state index in [1.807, 2.05) is 35.4 Å². The second-order valence-corrected chi connectivity index (χ2v) is 7.12. The fraction of sp³-hybridized carbons (Fsp3) is 0.474. The first-order valence-corrected chi connectivity index (χ1v) is 9.21. The Labute approximate surface area is 178 Å². The molecule has 3 rings (SSSR count). The van der Waals surface area contributed by atoms with Crippen molar-refractivity contribution in [3.05, 3.63) is 53.1 Å². The lowest BCUT2D eigenvalue weighted by Crippen LogP contribution is -2.49. The molecule has 0 spiro atoms. The summed E-state index contributed by atoms with van der Waals surface area (Å²) in [7, 11) is 0. The number of nitrogens with zero attached hydrogens (tertiary/aromatic N) is 3. The molecule has 2 aromatic rings. The van der Waals surface area contributed by atoms with Crippen LogP contribution in [0.1, 0.15) is 43.6 Å². The van der Waals surface area contributed by atoms with Gasteiger partial charge in [-0.25, -0.2) is 4.98 Å². The monoisotopic (exact) mass is 432 g/mol. The van der Waals surface area contributed by atoms with Crippen molar-refractivity contribution in [2.24, 2.45) is 0 Å². The number of carbonyl (C=O) groups excluding carboxylic acids is 1. The molecule has 1 aromatic heterocycles. The smallest absolute Gasteiger partial charge is 0.224 e. The fourth-order valence-electron chi connectivity index (χ4n) is 3.40. The van der Waals surface area contributed by atoms with E-state index < -0.39 is 0 Å². The SMILES string of the molecule is CC(C)c1nccn1CCC(=O)N1CCNCC1c1ccccc1Cl.Cl.Cl. The van der Waals surface area contributed by atoms with E-state index in [0.717, 1.165) is 24.5 Å². The molecular formula is C19H27Cl3N4O. The molecule has 8 heteroatoms. The molecule has 1 saturated heterocycles. The summed E-state index contributed by atoms with van der Waals surface area (Å²) < 4.78 is 2.08. The van der Waals surface area contributed by atoms with Gasteiger partial charge in [-0.1, -0.05) is 43.6 Å². The largest absolute Gasteiger partial charge is 0.334 e. The third kappa shape index (κ3) is 5.61. The van der Waals surface area contributed by atoms with Crippen LogP contribution in [0.2, 0.25) is 5.02 Å². The standard InChI is InChI=1S/C19H25ClN4O.2ClH/c1-14(2)19-22-9-11-23(19)10-7-18(25)24-12-8-21-13-17(24)15-5-3-4-6-16(15)20;;/h3-6,9,11,14,17,21H,7-8,10,12-13H2,1-2H3;2*1H. The predicted molar refractivity (Wildman–Crippen MR) is 114 cm³/mol. The summed E-state index contributed by atoms with van der Waals surface area (Å²) in [5.74, 6) is 1.53. The van der Waals surface area contributed by atoms with Crippen molar-refractivity contribution in [3.8, 4) is 0 Å². The number of rotatable bonds is 5. The molecule has 1 fully saturated rings. The Morgan fingerprint density at radius 3 is 2.78 bits per heavy atom. The van der Waals surface area contributed by atoms with E-state index in [2.05, 4.69) is 28.7 Å². The number of aromatic nitrogens is 2. The Balaban J connectivity index is 0.00000182. The van der Waals surface area contributed by atoms with E-state index in [-0.39, 0.29) is 36.8 Å². The second kappa shape index (κ2) is 10.9. The lowest BCUT2D eigenvalue weighted by Gasteiger charge is -2.37. The van der Waals surface area contributed by atoms with Crippen molar-refractivity contribution < 1.29 is 4.79 Å². The molecule has 0 aliphatic carbocycles. The molecule has 150 valence electrons. The van der Waals surface area contributed by atoms with Gasteiger partial charge >= 0.3 is 0 Å². The number of nitrogens with one attached hydrogen (secondary N) is 1. The van der Waals surface area contributed by atoms with Crippen LogP contribution in [0.15, 0.2) is 36.7 Å². The first kappa shape index (κ1) is 23.8. The molecule has 1 unspecified atom stereocenters. The van der Waals surface area contributed by atoms with Gasteiger partial charge in [0.05, 0.1) is 6.04 Å². The van der Waals surface area contributed by atoms with Gasteiger partial charge in [0.15, 0.2) is 0 Å². The zero-order chi connectivity index (χ0) is 17.8. The lowest BCUT2D eigenvalue weighted by molar-refractivity contribution is -0.134. The normalized spacial score (nSPS) is 16.6. The highest BCUT2D eigenvalue weighted by Gasteiger charge is 2.28. The summed E-state index contributed by atoms with van der Waals surface area (Å²) in [6.07, 6.45) is 4.22. The first-order chi connectivity index (χ1) is 12.1. The number of imidazole rings is 1. The van der Waals surface area contributed by atoms with E-state index in [4.69, 9.17) is 11.6 Å². The van der Waals surface area contributed by atoms with Gasteiger partial charge in [-0.15, -0.1) is 24.8 Å². The van der Waals surface area contributed by atoms with Gasteiger partial charge in [0.1, 0.15) is 5.82 Å². The summed E-state index contributed by atoms with van der Waals surface area (Å²) in [4.78, 5) is 19.2. The van der Waals surface area contributed by atoms with Gasteiger partial charge in [-0.2, -0.15) is 0 Å². The van der Waals surface area contributed by atoms with Crippen LogP contribution in [0, 0.1) is 0 Å². The van der Waals surface area contributed by atoms with Crippen LogP contribution >= 0.6 is 36.4 Å². The Hall–Kier alpha value is -1.27. The molecule has 1 aliphatic rings. The van der Waals surface area contributed by atoms with E-state index in [1.54, 1.807) is 6.20 Å². The molecule has 1 N–H and O–H groups in total. The Kier molecular flexibility index (Phi) is 9.60. The maximum absolute atomic E-state index is 12.9. The molecule has 2 heterocycles. The van der Waals surface area contributed by atoms with E-state index in [0.29, 0.717) is 30.5 Å². The van der Waals surface area contributed by atoms with Gasteiger partial charge in [0.2, 0.25) is 5.91 Å². The number of piperazine rings is 1. The molecule has 0 saturated carbocycles. The van der Waals surface area contributed by atoms with E-state index in [9.17, 15) is 4.79 Å². The number of carbonyl (C=O) groups is 1. The average Bonchev–Trinajstić information content (AvgIpc) is 3.09. The van der Waals surface area contributed by atoms with E-state index >= 15 is 0 Å². The van der Waals surface area contributed by atoms with Crippen LogP contribution in [0.4, 0.5) is 0 Å². The summed E-state index contributed by atoms with van der Waals surface area (Å²) in [5, 5.41) is 4.08. The summed E-state index contributed by atoms with van der Waals surface area (Å²) in [6, 6.07) is 7.77. The number of halogens is 3. The summed E-state index contributed by atoms with van der Waals surface area (Å²) >= 11 is 6.36. The zero-order valence-corrected chi connectivity index (χ0v) is 18.0. The average molecular weight is 434 g/mol. The third-order valence-corrected chi connectivity index (χ3v) is 5.00. The molecule has 1 aromatic carbocycles. The van der Waals surface area contributed by atoms with Gasteiger partial charge < -0.3 is 14.8 Å². The second-order valence-electron chi connectivity index (χ2n) is 6.71. The van der Waals surface area contributed by atoms with Gasteiger partial charge in [-0.3, -0.25) is 4.79 Å². The highest BCUT2D eigenvalue weighted by Crippen LogP contribution is 2.29. The van der Waals surface area contributed by atoms with Crippen LogP contribution in [0.3, 0.4) is 0 Å². The highest BCUT2D eigenvalue weighted by molar-refractivity contribution is 6.31. The van der Waals surface area contributed by atoms with Crippen molar-refractivity contribution in [3.63, 3.8) is 0 Å². The number of benzene rings is 1. The minimum absolute atomic E-state index is 0. The molecule has 1 aliphatic heterocycles. The number of hydrogen-bond donors (Lipinski definition) is 1. The molecule has 1 amide bonds. The minimum Gasteiger partial charge on any atom is -0.334 e. The molecule has 0 bridgehead atoms. The minimum atomic E-state index is -0.0118. The van der Waals surface area contributed by atoms with E-state index in [1.165, 1.54) is 0 Å². The van der Waals surface area contributed by atoms with Crippen molar-refractivity contribution in [2.75, 3.05) is 19.6 Å². The lowest BCUT2D eigenvalue weighted by atomic mass is 10.0. The van der Waals surface area contributed by atoms with Crippen LogP contribution < -0.4 is 5.32 Å².